The number of pyridine rings is 3. The van der Waals surface area contributed by atoms with E-state index < -0.39 is 11.4 Å². The molecule has 0 spiro atoms. The monoisotopic (exact) mass is 822 g/mol. The summed E-state index contributed by atoms with van der Waals surface area (Å²) in [6.07, 6.45) is 3.33. The van der Waals surface area contributed by atoms with Gasteiger partial charge in [-0.15, -0.1) is 47.0 Å². The van der Waals surface area contributed by atoms with Crippen LogP contribution in [0.3, 0.4) is 0 Å². The van der Waals surface area contributed by atoms with Gasteiger partial charge in [0.15, 0.2) is 0 Å². The van der Waals surface area contributed by atoms with Crippen LogP contribution in [0.4, 0.5) is 0 Å². The van der Waals surface area contributed by atoms with Crippen molar-refractivity contribution in [3.63, 3.8) is 0 Å². The van der Waals surface area contributed by atoms with Gasteiger partial charge in [-0.25, -0.2) is 9.78 Å². The van der Waals surface area contributed by atoms with Crippen LogP contribution in [0.15, 0.2) is 122 Å². The van der Waals surface area contributed by atoms with Gasteiger partial charge in [0.05, 0.1) is 11.1 Å². The maximum absolute atomic E-state index is 10.1. The Kier molecular flexibility index (Phi) is 10.1. The van der Waals surface area contributed by atoms with Crippen molar-refractivity contribution < 1.29 is 30.0 Å². The molecule has 0 unspecified atom stereocenters. The van der Waals surface area contributed by atoms with Crippen molar-refractivity contribution in [2.24, 2.45) is 0 Å². The average Bonchev–Trinajstić information content (AvgIpc) is 3.39. The summed E-state index contributed by atoms with van der Waals surface area (Å²) < 4.78 is 0. The molecule has 1 radical (unpaired) electrons. The van der Waals surface area contributed by atoms with Gasteiger partial charge in [-0.05, 0) is 52.6 Å². The Labute approximate surface area is 302 Å². The first kappa shape index (κ1) is 35.5. The van der Waals surface area contributed by atoms with Gasteiger partial charge in [-0.3, -0.25) is 9.97 Å². The standard InChI is InChI=1S/C37H34N2.C6H5NO2.Ir/c1-35(2,3)26-18-20-30-28(23-26)29-24-27(36(4,5)6)19-21-31(29)37(30,33-16-10-11-22-38-33)34-17-12-15-32(39-34)25-13-8-7-9-14-25;8-6(9)5-3-1-2-4-7-5;/h7-13,15-20,22-24H,1-6H3;1-4H,(H,8,9);/q-2;;/t37-;;/m0../s1. The average molecular weight is 822 g/mol. The number of aromatic carboxylic acids is 1. The van der Waals surface area contributed by atoms with Gasteiger partial charge in [0.1, 0.15) is 5.69 Å². The molecule has 1 aliphatic carbocycles. The fraction of sp³-hybridized carbons (Fsp3) is 0.209. The molecule has 3 heterocycles. The number of carbonyl (C=O) groups is 1. The fourth-order valence-corrected chi connectivity index (χ4v) is 6.23. The van der Waals surface area contributed by atoms with Gasteiger partial charge >= 0.3 is 5.97 Å². The molecule has 1 aliphatic rings. The Morgan fingerprint density at radius 2 is 1.37 bits per heavy atom. The van der Waals surface area contributed by atoms with Crippen molar-refractivity contribution in [1.82, 2.24) is 15.0 Å². The zero-order chi connectivity index (χ0) is 34.1. The van der Waals surface area contributed by atoms with E-state index in [1.807, 2.05) is 30.5 Å². The van der Waals surface area contributed by atoms with Crippen LogP contribution >= 0.6 is 0 Å². The molecule has 0 fully saturated rings. The van der Waals surface area contributed by atoms with Gasteiger partial charge in [0, 0.05) is 38.2 Å². The van der Waals surface area contributed by atoms with Crippen LogP contribution in [-0.2, 0) is 36.4 Å². The van der Waals surface area contributed by atoms with Crippen molar-refractivity contribution in [3.05, 3.63) is 173 Å². The summed E-state index contributed by atoms with van der Waals surface area (Å²) in [7, 11) is 0. The molecule has 6 heteroatoms. The largest absolute Gasteiger partial charge is 0.477 e. The second kappa shape index (κ2) is 14.0. The number of hydrogen-bond donors (Lipinski definition) is 1. The minimum Gasteiger partial charge on any atom is -0.477 e. The van der Waals surface area contributed by atoms with Gasteiger partial charge in [0.25, 0.3) is 0 Å². The van der Waals surface area contributed by atoms with Gasteiger partial charge in [-0.2, -0.15) is 23.8 Å². The summed E-state index contributed by atoms with van der Waals surface area (Å²) in [6.45, 7) is 13.6. The minimum absolute atomic E-state index is 0. The fourth-order valence-electron chi connectivity index (χ4n) is 6.23. The van der Waals surface area contributed by atoms with E-state index in [1.54, 1.807) is 12.1 Å². The number of carboxylic acids is 1. The summed E-state index contributed by atoms with van der Waals surface area (Å²) in [5.74, 6) is -0.990. The molecule has 0 amide bonds. The van der Waals surface area contributed by atoms with Gasteiger partial charge in [-0.1, -0.05) is 95.0 Å². The van der Waals surface area contributed by atoms with E-state index in [0.29, 0.717) is 0 Å². The molecular formula is C43H39IrN3O2-2. The van der Waals surface area contributed by atoms with Crippen LogP contribution in [0.1, 0.15) is 85.7 Å². The Bertz CT molecular complexity index is 2000. The molecule has 0 saturated heterocycles. The zero-order valence-corrected chi connectivity index (χ0v) is 31.0. The van der Waals surface area contributed by atoms with E-state index >= 15 is 0 Å². The number of aromatic nitrogens is 3. The van der Waals surface area contributed by atoms with E-state index in [-0.39, 0.29) is 36.6 Å². The normalized spacial score (nSPS) is 14.8. The number of carboxylic acid groups (broad SMARTS) is 1. The maximum Gasteiger partial charge on any atom is 0.354 e. The molecule has 3 aromatic heterocycles. The Hall–Kier alpha value is -4.77. The summed E-state index contributed by atoms with van der Waals surface area (Å²) in [6, 6.07) is 43.9. The Morgan fingerprint density at radius 3 is 1.96 bits per heavy atom. The third kappa shape index (κ3) is 6.90. The molecule has 0 bridgehead atoms. The van der Waals surface area contributed by atoms with E-state index in [4.69, 9.17) is 15.1 Å². The summed E-state index contributed by atoms with van der Waals surface area (Å²) >= 11 is 0. The maximum atomic E-state index is 10.1. The third-order valence-electron chi connectivity index (χ3n) is 8.81. The van der Waals surface area contributed by atoms with Crippen molar-refractivity contribution in [3.8, 4) is 22.4 Å². The molecule has 0 saturated carbocycles. The first-order valence-corrected chi connectivity index (χ1v) is 16.1. The zero-order valence-electron chi connectivity index (χ0n) is 28.6. The number of rotatable bonds is 4. The predicted octanol–water partition coefficient (Wildman–Crippen LogP) is 9.48. The molecule has 249 valence electrons. The summed E-state index contributed by atoms with van der Waals surface area (Å²) in [5, 5.41) is 8.32. The minimum atomic E-state index is -0.990. The Balaban J connectivity index is 0.000000409. The Morgan fingerprint density at radius 1 is 0.694 bits per heavy atom. The molecule has 0 aliphatic heterocycles. The van der Waals surface area contributed by atoms with Crippen molar-refractivity contribution >= 4 is 5.97 Å². The number of hydrogen-bond acceptors (Lipinski definition) is 4. The topological polar surface area (TPSA) is 76.0 Å². The van der Waals surface area contributed by atoms with Crippen molar-refractivity contribution in [1.29, 1.82) is 0 Å². The first-order valence-electron chi connectivity index (χ1n) is 16.1. The molecule has 1 atom stereocenters. The van der Waals surface area contributed by atoms with E-state index in [1.165, 1.54) is 40.1 Å². The molecule has 6 aromatic rings. The molecular weight excluding hydrogens is 783 g/mol. The van der Waals surface area contributed by atoms with E-state index in [2.05, 4.69) is 125 Å². The molecule has 3 aromatic carbocycles. The third-order valence-corrected chi connectivity index (χ3v) is 8.81. The number of nitrogens with zero attached hydrogens (tertiary/aromatic N) is 3. The van der Waals surface area contributed by atoms with Crippen LogP contribution in [-0.4, -0.2) is 26.0 Å². The first-order chi connectivity index (χ1) is 22.9. The van der Waals surface area contributed by atoms with Crippen LogP contribution < -0.4 is 0 Å². The van der Waals surface area contributed by atoms with Gasteiger partial charge in [0.2, 0.25) is 0 Å². The molecule has 7 rings (SSSR count). The predicted molar refractivity (Wildman–Crippen MR) is 191 cm³/mol. The van der Waals surface area contributed by atoms with E-state index in [9.17, 15) is 4.79 Å². The summed E-state index contributed by atoms with van der Waals surface area (Å²) in [5.41, 5.74) is 10.5. The van der Waals surface area contributed by atoms with E-state index in [0.717, 1.165) is 28.2 Å². The second-order valence-corrected chi connectivity index (χ2v) is 14.1. The second-order valence-electron chi connectivity index (χ2n) is 14.1. The SMILES string of the molecule is CC(C)(C)c1c[c-]c2c(c1)-c1cc(C(C)(C)C)ccc1[C@]2(c1ccccn1)c1cccc(-c2[c-]cccc2)n1.O=C(O)c1ccccn1.[Ir]. The van der Waals surface area contributed by atoms with Crippen LogP contribution in [0, 0.1) is 12.1 Å². The molecule has 49 heavy (non-hydrogen) atoms. The molecule has 1 N–H and O–H groups in total. The number of fused-ring (bicyclic) bond motifs is 3. The smallest absolute Gasteiger partial charge is 0.354 e. The van der Waals surface area contributed by atoms with Crippen LogP contribution in [0.5, 0.6) is 0 Å². The van der Waals surface area contributed by atoms with Crippen LogP contribution in [0.25, 0.3) is 22.4 Å². The van der Waals surface area contributed by atoms with Crippen molar-refractivity contribution in [2.75, 3.05) is 0 Å². The van der Waals surface area contributed by atoms with Crippen LogP contribution in [0.2, 0.25) is 0 Å². The van der Waals surface area contributed by atoms with Gasteiger partial charge < -0.3 is 5.11 Å². The number of benzene rings is 3. The summed E-state index contributed by atoms with van der Waals surface area (Å²) in [4.78, 5) is 24.0. The molecule has 5 nitrogen and oxygen atoms in total. The van der Waals surface area contributed by atoms with Crippen molar-refractivity contribution in [2.45, 2.75) is 57.8 Å². The quantitative estimate of drug-likeness (QED) is 0.179.